The minimum Gasteiger partial charge on any atom is -0.325 e. The van der Waals surface area contributed by atoms with E-state index in [-0.39, 0.29) is 33.5 Å². The van der Waals surface area contributed by atoms with Gasteiger partial charge < -0.3 is 5.32 Å². The highest BCUT2D eigenvalue weighted by atomic mass is 32.2. The summed E-state index contributed by atoms with van der Waals surface area (Å²) in [7, 11) is -0.963. The van der Waals surface area contributed by atoms with Gasteiger partial charge >= 0.3 is 5.69 Å². The highest BCUT2D eigenvalue weighted by Crippen LogP contribution is 2.32. The number of amides is 1. The molecule has 0 aliphatic rings. The molecule has 1 amide bonds. The fourth-order valence-electron chi connectivity index (χ4n) is 3.03. The van der Waals surface area contributed by atoms with Crippen LogP contribution in [0.4, 0.5) is 10.1 Å². The molecule has 3 rings (SSSR count). The largest absolute Gasteiger partial charge is 0.328 e. The Kier molecular flexibility index (Phi) is 5.12. The Bertz CT molecular complexity index is 1220. The van der Waals surface area contributed by atoms with Crippen LogP contribution < -0.4 is 11.0 Å². The normalized spacial score (nSPS) is 11.7. The zero-order valence-electron chi connectivity index (χ0n) is 15.7. The van der Waals surface area contributed by atoms with Gasteiger partial charge in [0.15, 0.2) is 0 Å². The summed E-state index contributed by atoms with van der Waals surface area (Å²) in [5.41, 5.74) is 0.646. The second-order valence-electron chi connectivity index (χ2n) is 6.49. The van der Waals surface area contributed by atoms with Gasteiger partial charge in [0.05, 0.1) is 26.5 Å². The standard InChI is InChI=1S/C19H20FN3O4S/c1-4-5-18(24)21-14-10-15-16(23(3)19(25)22(15)2)11-17(14)28(26,27)13-8-6-12(20)7-9-13/h6-11H,4-5H2,1-3H3,(H,21,24). The molecule has 28 heavy (non-hydrogen) atoms. The van der Waals surface area contributed by atoms with Gasteiger partial charge in [0.2, 0.25) is 15.7 Å². The molecule has 0 unspecified atom stereocenters. The van der Waals surface area contributed by atoms with Crippen LogP contribution >= 0.6 is 0 Å². The van der Waals surface area contributed by atoms with Crippen molar-refractivity contribution in [1.82, 2.24) is 9.13 Å². The first-order chi connectivity index (χ1) is 13.2. The molecule has 0 aliphatic carbocycles. The molecule has 3 aromatic rings. The van der Waals surface area contributed by atoms with Crippen molar-refractivity contribution in [3.63, 3.8) is 0 Å². The number of hydrogen-bond donors (Lipinski definition) is 1. The number of carbonyl (C=O) groups excluding carboxylic acids is 1. The number of nitrogens with zero attached hydrogens (tertiary/aromatic N) is 2. The van der Waals surface area contributed by atoms with E-state index in [4.69, 9.17) is 0 Å². The molecule has 148 valence electrons. The van der Waals surface area contributed by atoms with Crippen molar-refractivity contribution in [2.45, 2.75) is 29.6 Å². The molecule has 0 atom stereocenters. The molecule has 0 saturated heterocycles. The van der Waals surface area contributed by atoms with Crippen molar-refractivity contribution in [2.75, 3.05) is 5.32 Å². The summed E-state index contributed by atoms with van der Waals surface area (Å²) in [6.45, 7) is 1.83. The van der Waals surface area contributed by atoms with E-state index in [2.05, 4.69) is 5.32 Å². The average molecular weight is 405 g/mol. The number of sulfone groups is 1. The number of anilines is 1. The molecule has 1 aromatic heterocycles. The van der Waals surface area contributed by atoms with E-state index in [0.717, 1.165) is 24.3 Å². The molecule has 0 fully saturated rings. The van der Waals surface area contributed by atoms with Crippen LogP contribution in [0.2, 0.25) is 0 Å². The molecule has 9 heteroatoms. The van der Waals surface area contributed by atoms with Gasteiger partial charge in [0.1, 0.15) is 5.82 Å². The lowest BCUT2D eigenvalue weighted by Gasteiger charge is -2.13. The van der Waals surface area contributed by atoms with Crippen molar-refractivity contribution < 1.29 is 17.6 Å². The molecule has 0 aliphatic heterocycles. The molecule has 2 aromatic carbocycles. The number of rotatable bonds is 5. The van der Waals surface area contributed by atoms with Crippen molar-refractivity contribution >= 4 is 32.5 Å². The second-order valence-corrected chi connectivity index (χ2v) is 8.41. The minimum absolute atomic E-state index is 0.0801. The zero-order chi connectivity index (χ0) is 20.6. The van der Waals surface area contributed by atoms with E-state index in [9.17, 15) is 22.4 Å². The first-order valence-corrected chi connectivity index (χ1v) is 10.1. The summed E-state index contributed by atoms with van der Waals surface area (Å²) in [5.74, 6) is -0.894. The fourth-order valence-corrected chi connectivity index (χ4v) is 4.44. The molecule has 0 bridgehead atoms. The van der Waals surface area contributed by atoms with Gasteiger partial charge in [-0.25, -0.2) is 17.6 Å². The molecule has 0 radical (unpaired) electrons. The number of benzene rings is 2. The van der Waals surface area contributed by atoms with E-state index in [1.807, 2.05) is 6.92 Å². The number of carbonyl (C=O) groups is 1. The lowest BCUT2D eigenvalue weighted by molar-refractivity contribution is -0.116. The molecule has 1 heterocycles. The van der Waals surface area contributed by atoms with Gasteiger partial charge in [-0.05, 0) is 42.8 Å². The SMILES string of the molecule is CCCC(=O)Nc1cc2c(cc1S(=O)(=O)c1ccc(F)cc1)n(C)c(=O)n2C. The average Bonchev–Trinajstić information content (AvgIpc) is 2.85. The van der Waals surface area contributed by atoms with Gasteiger partial charge in [0.25, 0.3) is 0 Å². The van der Waals surface area contributed by atoms with Gasteiger partial charge in [-0.15, -0.1) is 0 Å². The maximum Gasteiger partial charge on any atom is 0.328 e. The van der Waals surface area contributed by atoms with E-state index in [1.165, 1.54) is 28.3 Å². The third-order valence-electron chi connectivity index (χ3n) is 4.54. The van der Waals surface area contributed by atoms with Crippen molar-refractivity contribution in [3.8, 4) is 0 Å². The number of aromatic nitrogens is 2. The number of imidazole rings is 1. The van der Waals surface area contributed by atoms with Crippen LogP contribution in [0.15, 0.2) is 51.0 Å². The Hall–Kier alpha value is -2.94. The predicted molar refractivity (Wildman–Crippen MR) is 104 cm³/mol. The Balaban J connectivity index is 2.29. The summed E-state index contributed by atoms with van der Waals surface area (Å²) in [5, 5.41) is 2.63. The number of hydrogen-bond acceptors (Lipinski definition) is 4. The maximum atomic E-state index is 13.2. The highest BCUT2D eigenvalue weighted by molar-refractivity contribution is 7.91. The number of nitrogens with one attached hydrogen (secondary N) is 1. The third-order valence-corrected chi connectivity index (χ3v) is 6.35. The Morgan fingerprint density at radius 2 is 1.64 bits per heavy atom. The summed E-state index contributed by atoms with van der Waals surface area (Å²) >= 11 is 0. The van der Waals surface area contributed by atoms with E-state index >= 15 is 0 Å². The lowest BCUT2D eigenvalue weighted by Crippen LogP contribution is -2.19. The first-order valence-electron chi connectivity index (χ1n) is 8.66. The topological polar surface area (TPSA) is 90.2 Å². The quantitative estimate of drug-likeness (QED) is 0.661. The molecule has 0 saturated carbocycles. The Morgan fingerprint density at radius 3 is 2.21 bits per heavy atom. The zero-order valence-corrected chi connectivity index (χ0v) is 16.5. The summed E-state index contributed by atoms with van der Waals surface area (Å²) < 4.78 is 42.3. The van der Waals surface area contributed by atoms with Crippen LogP contribution in [0, 0.1) is 5.82 Å². The first kappa shape index (κ1) is 19.8. The van der Waals surface area contributed by atoms with Gasteiger partial charge in [-0.1, -0.05) is 6.92 Å². The Labute approximate surface area is 161 Å². The smallest absolute Gasteiger partial charge is 0.325 e. The van der Waals surface area contributed by atoms with Crippen LogP contribution in [0.1, 0.15) is 19.8 Å². The number of aryl methyl sites for hydroxylation is 2. The molecular weight excluding hydrogens is 385 g/mol. The van der Waals surface area contributed by atoms with Gasteiger partial charge in [-0.3, -0.25) is 13.9 Å². The van der Waals surface area contributed by atoms with Gasteiger partial charge in [0, 0.05) is 20.5 Å². The number of halogens is 1. The molecule has 1 N–H and O–H groups in total. The predicted octanol–water partition coefficient (Wildman–Crippen LogP) is 2.59. The lowest BCUT2D eigenvalue weighted by atomic mass is 10.2. The van der Waals surface area contributed by atoms with Crippen LogP contribution in [-0.4, -0.2) is 23.5 Å². The van der Waals surface area contributed by atoms with Crippen molar-refractivity contribution in [2.24, 2.45) is 14.1 Å². The van der Waals surface area contributed by atoms with E-state index in [0.29, 0.717) is 17.5 Å². The summed E-state index contributed by atoms with van der Waals surface area (Å²) in [4.78, 5) is 24.1. The molecule has 0 spiro atoms. The second kappa shape index (κ2) is 7.23. The van der Waals surface area contributed by atoms with Crippen molar-refractivity contribution in [3.05, 3.63) is 52.7 Å². The van der Waals surface area contributed by atoms with E-state index in [1.54, 1.807) is 7.05 Å². The minimum atomic E-state index is -4.06. The van der Waals surface area contributed by atoms with Crippen LogP contribution in [0.5, 0.6) is 0 Å². The van der Waals surface area contributed by atoms with Gasteiger partial charge in [-0.2, -0.15) is 0 Å². The maximum absolute atomic E-state index is 13.2. The monoisotopic (exact) mass is 405 g/mol. The fraction of sp³-hybridized carbons (Fsp3) is 0.263. The number of fused-ring (bicyclic) bond motifs is 1. The molecule has 7 nitrogen and oxygen atoms in total. The summed E-state index contributed by atoms with van der Waals surface area (Å²) in [6.07, 6.45) is 0.819. The van der Waals surface area contributed by atoms with Crippen molar-refractivity contribution in [1.29, 1.82) is 0 Å². The van der Waals surface area contributed by atoms with E-state index < -0.39 is 15.7 Å². The Morgan fingerprint density at radius 1 is 1.07 bits per heavy atom. The van der Waals surface area contributed by atoms with Crippen LogP contribution in [0.25, 0.3) is 11.0 Å². The van der Waals surface area contributed by atoms with Crippen LogP contribution in [0.3, 0.4) is 0 Å². The highest BCUT2D eigenvalue weighted by Gasteiger charge is 2.25. The van der Waals surface area contributed by atoms with Crippen LogP contribution in [-0.2, 0) is 28.7 Å². The summed E-state index contributed by atoms with van der Waals surface area (Å²) in [6, 6.07) is 7.27. The molecular formula is C19H20FN3O4S. The third kappa shape index (κ3) is 3.33.